The molecule has 0 aromatic heterocycles. The molecule has 0 saturated carbocycles. The third kappa shape index (κ3) is 2.57. The number of aliphatic hydroxyl groups is 1. The van der Waals surface area contributed by atoms with Crippen LogP contribution in [0.15, 0.2) is 48.5 Å². The first-order chi connectivity index (χ1) is 8.58. The summed E-state index contributed by atoms with van der Waals surface area (Å²) >= 11 is 0. The second-order valence-corrected chi connectivity index (χ2v) is 4.23. The quantitative estimate of drug-likeness (QED) is 0.870. The fourth-order valence-electron chi connectivity index (χ4n) is 1.75. The molecule has 92 valence electrons. The Morgan fingerprint density at radius 2 is 1.39 bits per heavy atom. The van der Waals surface area contributed by atoms with Gasteiger partial charge in [-0.3, -0.25) is 0 Å². The Bertz CT molecular complexity index is 541. The molecule has 0 aliphatic carbocycles. The van der Waals surface area contributed by atoms with Crippen molar-refractivity contribution in [2.45, 2.75) is 13.0 Å². The van der Waals surface area contributed by atoms with Crippen LogP contribution in [0.25, 0.3) is 11.1 Å². The van der Waals surface area contributed by atoms with E-state index in [1.807, 2.05) is 43.3 Å². The number of benzene rings is 2. The average Bonchev–Trinajstić information content (AvgIpc) is 2.39. The summed E-state index contributed by atoms with van der Waals surface area (Å²) in [6.07, 6.45) is -1.46. The molecular formula is C15H14O3. The van der Waals surface area contributed by atoms with Crippen molar-refractivity contribution in [2.75, 3.05) is 0 Å². The lowest BCUT2D eigenvalue weighted by Gasteiger charge is -2.07. The maximum atomic E-state index is 10.6. The summed E-state index contributed by atoms with van der Waals surface area (Å²) in [6.45, 7) is 2.02. The Kier molecular flexibility index (Phi) is 3.44. The smallest absolute Gasteiger partial charge is 0.337 e. The molecule has 1 unspecified atom stereocenters. The van der Waals surface area contributed by atoms with Gasteiger partial charge in [-0.25, -0.2) is 4.79 Å². The first-order valence-electron chi connectivity index (χ1n) is 5.66. The van der Waals surface area contributed by atoms with Gasteiger partial charge in [-0.2, -0.15) is 0 Å². The molecule has 0 spiro atoms. The average molecular weight is 242 g/mol. The molecule has 0 aliphatic rings. The Balaban J connectivity index is 2.27. The van der Waals surface area contributed by atoms with Crippen molar-refractivity contribution in [3.63, 3.8) is 0 Å². The van der Waals surface area contributed by atoms with Gasteiger partial charge < -0.3 is 10.2 Å². The summed E-state index contributed by atoms with van der Waals surface area (Å²) in [7, 11) is 0. The van der Waals surface area contributed by atoms with Gasteiger partial charge in [0.25, 0.3) is 0 Å². The standard InChI is InChI=1S/C15H14O3/c1-10-2-4-11(5-3-10)12-6-8-13(9-7-12)14(16)15(17)18/h2-9,14,16H,1H3,(H,17,18). The fourth-order valence-corrected chi connectivity index (χ4v) is 1.75. The minimum absolute atomic E-state index is 0.387. The molecule has 1 atom stereocenters. The lowest BCUT2D eigenvalue weighted by molar-refractivity contribution is -0.146. The van der Waals surface area contributed by atoms with Gasteiger partial charge in [-0.15, -0.1) is 0 Å². The van der Waals surface area contributed by atoms with Crippen LogP contribution in [-0.4, -0.2) is 16.2 Å². The summed E-state index contributed by atoms with van der Waals surface area (Å²) in [5.74, 6) is -1.24. The van der Waals surface area contributed by atoms with Crippen LogP contribution in [0, 0.1) is 6.92 Å². The van der Waals surface area contributed by atoms with Gasteiger partial charge in [0.05, 0.1) is 0 Å². The van der Waals surface area contributed by atoms with E-state index >= 15 is 0 Å². The number of hydrogen-bond acceptors (Lipinski definition) is 2. The zero-order valence-electron chi connectivity index (χ0n) is 10.00. The summed E-state index contributed by atoms with van der Waals surface area (Å²) in [5.41, 5.74) is 3.64. The van der Waals surface area contributed by atoms with Crippen LogP contribution in [0.4, 0.5) is 0 Å². The van der Waals surface area contributed by atoms with Crippen molar-refractivity contribution in [2.24, 2.45) is 0 Å². The Labute approximate surface area is 105 Å². The molecule has 0 saturated heterocycles. The normalized spacial score (nSPS) is 12.1. The summed E-state index contributed by atoms with van der Waals surface area (Å²) in [5, 5.41) is 18.1. The third-order valence-corrected chi connectivity index (χ3v) is 2.85. The Morgan fingerprint density at radius 3 is 1.83 bits per heavy atom. The second-order valence-electron chi connectivity index (χ2n) is 4.23. The molecule has 2 aromatic carbocycles. The van der Waals surface area contributed by atoms with Crippen LogP contribution in [0.3, 0.4) is 0 Å². The van der Waals surface area contributed by atoms with Gasteiger partial charge in [-0.1, -0.05) is 54.1 Å². The van der Waals surface area contributed by atoms with Crippen LogP contribution < -0.4 is 0 Å². The van der Waals surface area contributed by atoms with Crippen LogP contribution >= 0.6 is 0 Å². The molecule has 0 amide bonds. The number of carboxylic acids is 1. The van der Waals surface area contributed by atoms with E-state index in [1.165, 1.54) is 5.56 Å². The van der Waals surface area contributed by atoms with Crippen molar-refractivity contribution >= 4 is 5.97 Å². The maximum Gasteiger partial charge on any atom is 0.337 e. The Morgan fingerprint density at radius 1 is 0.944 bits per heavy atom. The minimum atomic E-state index is -1.46. The molecule has 0 radical (unpaired) electrons. The monoisotopic (exact) mass is 242 g/mol. The zero-order valence-corrected chi connectivity index (χ0v) is 10.00. The molecule has 2 N–H and O–H groups in total. The number of hydrogen-bond donors (Lipinski definition) is 2. The van der Waals surface area contributed by atoms with Gasteiger partial charge >= 0.3 is 5.97 Å². The van der Waals surface area contributed by atoms with E-state index in [-0.39, 0.29) is 0 Å². The van der Waals surface area contributed by atoms with Crippen molar-refractivity contribution in [1.82, 2.24) is 0 Å². The molecule has 0 aliphatic heterocycles. The highest BCUT2D eigenvalue weighted by molar-refractivity contribution is 5.74. The predicted octanol–water partition coefficient (Wildman–Crippen LogP) is 2.78. The van der Waals surface area contributed by atoms with Gasteiger partial charge in [-0.05, 0) is 23.6 Å². The topological polar surface area (TPSA) is 57.5 Å². The van der Waals surface area contributed by atoms with Crippen LogP contribution in [0.2, 0.25) is 0 Å². The fraction of sp³-hybridized carbons (Fsp3) is 0.133. The number of aryl methyl sites for hydroxylation is 1. The first-order valence-corrected chi connectivity index (χ1v) is 5.66. The van der Waals surface area contributed by atoms with E-state index in [0.717, 1.165) is 11.1 Å². The number of aliphatic hydroxyl groups excluding tert-OH is 1. The third-order valence-electron chi connectivity index (χ3n) is 2.85. The van der Waals surface area contributed by atoms with Gasteiger partial charge in [0.15, 0.2) is 6.10 Å². The van der Waals surface area contributed by atoms with E-state index in [2.05, 4.69) is 0 Å². The molecule has 2 rings (SSSR count). The molecule has 3 heteroatoms. The van der Waals surface area contributed by atoms with E-state index in [4.69, 9.17) is 5.11 Å². The van der Waals surface area contributed by atoms with Crippen LogP contribution in [-0.2, 0) is 4.79 Å². The lowest BCUT2D eigenvalue weighted by Crippen LogP contribution is -2.09. The molecule has 0 bridgehead atoms. The van der Waals surface area contributed by atoms with Crippen LogP contribution in [0.5, 0.6) is 0 Å². The summed E-state index contributed by atoms with van der Waals surface area (Å²) in [4.78, 5) is 10.6. The largest absolute Gasteiger partial charge is 0.479 e. The molecule has 3 nitrogen and oxygen atoms in total. The van der Waals surface area contributed by atoms with E-state index in [1.54, 1.807) is 12.1 Å². The summed E-state index contributed by atoms with van der Waals surface area (Å²) < 4.78 is 0. The zero-order chi connectivity index (χ0) is 13.1. The van der Waals surface area contributed by atoms with Gasteiger partial charge in [0.1, 0.15) is 0 Å². The van der Waals surface area contributed by atoms with Crippen molar-refractivity contribution in [1.29, 1.82) is 0 Å². The molecule has 2 aromatic rings. The van der Waals surface area contributed by atoms with E-state index in [9.17, 15) is 9.90 Å². The van der Waals surface area contributed by atoms with Crippen molar-refractivity contribution in [3.8, 4) is 11.1 Å². The number of carbonyl (C=O) groups is 1. The predicted molar refractivity (Wildman–Crippen MR) is 69.2 cm³/mol. The highest BCUT2D eigenvalue weighted by Crippen LogP contribution is 2.22. The molecule has 0 fully saturated rings. The second kappa shape index (κ2) is 5.02. The molecule has 0 heterocycles. The lowest BCUT2D eigenvalue weighted by atomic mass is 10.0. The molecular weight excluding hydrogens is 228 g/mol. The first kappa shape index (κ1) is 12.3. The maximum absolute atomic E-state index is 10.6. The van der Waals surface area contributed by atoms with E-state index in [0.29, 0.717) is 5.56 Å². The highest BCUT2D eigenvalue weighted by atomic mass is 16.4. The minimum Gasteiger partial charge on any atom is -0.479 e. The SMILES string of the molecule is Cc1ccc(-c2ccc(C(O)C(=O)O)cc2)cc1. The van der Waals surface area contributed by atoms with Crippen LogP contribution in [0.1, 0.15) is 17.2 Å². The number of carboxylic acid groups (broad SMARTS) is 1. The number of rotatable bonds is 3. The number of aliphatic carboxylic acids is 1. The Hall–Kier alpha value is -2.13. The van der Waals surface area contributed by atoms with Gasteiger partial charge in [0, 0.05) is 0 Å². The molecule has 18 heavy (non-hydrogen) atoms. The highest BCUT2D eigenvalue weighted by Gasteiger charge is 2.15. The van der Waals surface area contributed by atoms with E-state index < -0.39 is 12.1 Å². The van der Waals surface area contributed by atoms with Crippen molar-refractivity contribution in [3.05, 3.63) is 59.7 Å². The summed E-state index contributed by atoms with van der Waals surface area (Å²) in [6, 6.07) is 15.0. The van der Waals surface area contributed by atoms with Crippen molar-refractivity contribution < 1.29 is 15.0 Å². The van der Waals surface area contributed by atoms with Gasteiger partial charge in [0.2, 0.25) is 0 Å².